The molecule has 0 saturated heterocycles. The molecule has 0 aliphatic carbocycles. The van der Waals surface area contributed by atoms with Crippen LogP contribution in [0.1, 0.15) is 18.9 Å². The van der Waals surface area contributed by atoms with Gasteiger partial charge in [-0.05, 0) is 29.7 Å². The lowest BCUT2D eigenvalue weighted by atomic mass is 10.0. The van der Waals surface area contributed by atoms with Crippen molar-refractivity contribution in [3.8, 4) is 0 Å². The van der Waals surface area contributed by atoms with E-state index in [4.69, 9.17) is 0 Å². The first-order valence-corrected chi connectivity index (χ1v) is 6.04. The summed E-state index contributed by atoms with van der Waals surface area (Å²) < 4.78 is 0. The van der Waals surface area contributed by atoms with Gasteiger partial charge in [-0.25, -0.2) is 0 Å². The number of hydrogen-bond acceptors (Lipinski definition) is 1. The molecule has 2 heteroatoms. The van der Waals surface area contributed by atoms with Gasteiger partial charge in [0.05, 0.1) is 0 Å². The summed E-state index contributed by atoms with van der Waals surface area (Å²) in [4.78, 5) is 11.4. The predicted molar refractivity (Wildman–Crippen MR) is 71.0 cm³/mol. The van der Waals surface area contributed by atoms with Gasteiger partial charge in [0.1, 0.15) is 0 Å². The second-order valence-electron chi connectivity index (χ2n) is 4.09. The Kier molecular flexibility index (Phi) is 3.76. The van der Waals surface area contributed by atoms with Crippen LogP contribution in [0.15, 0.2) is 42.5 Å². The summed E-state index contributed by atoms with van der Waals surface area (Å²) in [5, 5.41) is 5.31. The zero-order valence-corrected chi connectivity index (χ0v) is 10.1. The highest BCUT2D eigenvalue weighted by Crippen LogP contribution is 2.19. The molecular formula is C15H17NO. The lowest BCUT2D eigenvalue weighted by molar-refractivity contribution is -0.120. The van der Waals surface area contributed by atoms with Crippen molar-refractivity contribution in [1.82, 2.24) is 5.32 Å². The van der Waals surface area contributed by atoms with Gasteiger partial charge in [-0.1, -0.05) is 42.5 Å². The first-order valence-electron chi connectivity index (χ1n) is 6.04. The highest BCUT2D eigenvalue weighted by molar-refractivity contribution is 5.86. The molecule has 0 radical (unpaired) electrons. The van der Waals surface area contributed by atoms with Crippen LogP contribution in [0.2, 0.25) is 0 Å². The summed E-state index contributed by atoms with van der Waals surface area (Å²) in [6, 6.07) is 14.5. The molecule has 2 aromatic rings. The van der Waals surface area contributed by atoms with Crippen LogP contribution in [-0.2, 0) is 11.2 Å². The van der Waals surface area contributed by atoms with E-state index in [0.717, 1.165) is 6.42 Å². The summed E-state index contributed by atoms with van der Waals surface area (Å²) in [6.07, 6.45) is 1.36. The standard InChI is InChI=1S/C15H17NO/c1-2-16-15(17)11-10-13-8-5-7-12-6-3-4-9-14(12)13/h3-9H,2,10-11H2,1H3,(H,16,17). The van der Waals surface area contributed by atoms with Gasteiger partial charge in [-0.2, -0.15) is 0 Å². The van der Waals surface area contributed by atoms with Crippen LogP contribution in [0.25, 0.3) is 10.8 Å². The van der Waals surface area contributed by atoms with E-state index in [0.29, 0.717) is 13.0 Å². The topological polar surface area (TPSA) is 29.1 Å². The number of aryl methyl sites for hydroxylation is 1. The van der Waals surface area contributed by atoms with E-state index in [-0.39, 0.29) is 5.91 Å². The number of benzene rings is 2. The van der Waals surface area contributed by atoms with Crippen molar-refractivity contribution >= 4 is 16.7 Å². The number of hydrogen-bond donors (Lipinski definition) is 1. The van der Waals surface area contributed by atoms with Crippen LogP contribution in [-0.4, -0.2) is 12.5 Å². The van der Waals surface area contributed by atoms with Gasteiger partial charge in [-0.15, -0.1) is 0 Å². The van der Waals surface area contributed by atoms with Crippen molar-refractivity contribution in [2.24, 2.45) is 0 Å². The number of fused-ring (bicyclic) bond motifs is 1. The third-order valence-electron chi connectivity index (χ3n) is 2.88. The molecule has 1 amide bonds. The normalized spacial score (nSPS) is 10.4. The Hall–Kier alpha value is -1.83. The molecule has 17 heavy (non-hydrogen) atoms. The summed E-state index contributed by atoms with van der Waals surface area (Å²) in [5.41, 5.74) is 1.24. The largest absolute Gasteiger partial charge is 0.356 e. The van der Waals surface area contributed by atoms with Crippen LogP contribution in [0.3, 0.4) is 0 Å². The Morgan fingerprint density at radius 2 is 1.88 bits per heavy atom. The smallest absolute Gasteiger partial charge is 0.220 e. The summed E-state index contributed by atoms with van der Waals surface area (Å²) in [7, 11) is 0. The number of nitrogens with one attached hydrogen (secondary N) is 1. The van der Waals surface area contributed by atoms with Crippen molar-refractivity contribution in [1.29, 1.82) is 0 Å². The van der Waals surface area contributed by atoms with Crippen molar-refractivity contribution in [2.45, 2.75) is 19.8 Å². The van der Waals surface area contributed by atoms with Crippen molar-refractivity contribution in [3.63, 3.8) is 0 Å². The number of carbonyl (C=O) groups excluding carboxylic acids is 1. The molecule has 0 fully saturated rings. The average molecular weight is 227 g/mol. The zero-order valence-electron chi connectivity index (χ0n) is 10.1. The van der Waals surface area contributed by atoms with E-state index < -0.39 is 0 Å². The second kappa shape index (κ2) is 5.48. The average Bonchev–Trinajstić information content (AvgIpc) is 2.36. The molecule has 0 aliphatic rings. The minimum Gasteiger partial charge on any atom is -0.356 e. The van der Waals surface area contributed by atoms with Crippen molar-refractivity contribution in [3.05, 3.63) is 48.0 Å². The lowest BCUT2D eigenvalue weighted by Gasteiger charge is -2.06. The van der Waals surface area contributed by atoms with E-state index in [2.05, 4.69) is 35.6 Å². The fraction of sp³-hybridized carbons (Fsp3) is 0.267. The third kappa shape index (κ3) is 2.84. The maximum absolute atomic E-state index is 11.4. The monoisotopic (exact) mass is 227 g/mol. The number of rotatable bonds is 4. The molecule has 0 spiro atoms. The van der Waals surface area contributed by atoms with Gasteiger partial charge in [0.2, 0.25) is 5.91 Å². The molecule has 0 saturated carbocycles. The highest BCUT2D eigenvalue weighted by atomic mass is 16.1. The molecule has 88 valence electrons. The van der Waals surface area contributed by atoms with E-state index in [9.17, 15) is 4.79 Å². The number of carbonyl (C=O) groups is 1. The van der Waals surface area contributed by atoms with E-state index in [1.54, 1.807) is 0 Å². The summed E-state index contributed by atoms with van der Waals surface area (Å²) in [6.45, 7) is 2.64. The molecule has 2 rings (SSSR count). The van der Waals surface area contributed by atoms with Crippen molar-refractivity contribution in [2.75, 3.05) is 6.54 Å². The molecule has 0 atom stereocenters. The fourth-order valence-electron chi connectivity index (χ4n) is 2.04. The molecule has 0 aliphatic heterocycles. The first kappa shape index (κ1) is 11.6. The van der Waals surface area contributed by atoms with Gasteiger partial charge < -0.3 is 5.32 Å². The summed E-state index contributed by atoms with van der Waals surface area (Å²) in [5.74, 6) is 0.125. The van der Waals surface area contributed by atoms with Gasteiger partial charge in [-0.3, -0.25) is 4.79 Å². The minimum atomic E-state index is 0.125. The van der Waals surface area contributed by atoms with Gasteiger partial charge in [0, 0.05) is 13.0 Å². The maximum Gasteiger partial charge on any atom is 0.220 e. The van der Waals surface area contributed by atoms with E-state index >= 15 is 0 Å². The predicted octanol–water partition coefficient (Wildman–Crippen LogP) is 2.91. The molecular weight excluding hydrogens is 210 g/mol. The molecule has 0 heterocycles. The fourth-order valence-corrected chi connectivity index (χ4v) is 2.04. The Balaban J connectivity index is 2.16. The van der Waals surface area contributed by atoms with Crippen LogP contribution >= 0.6 is 0 Å². The van der Waals surface area contributed by atoms with E-state index in [1.807, 2.05) is 19.1 Å². The minimum absolute atomic E-state index is 0.125. The number of amides is 1. The maximum atomic E-state index is 11.4. The van der Waals surface area contributed by atoms with Gasteiger partial charge in [0.25, 0.3) is 0 Å². The zero-order chi connectivity index (χ0) is 12.1. The first-order chi connectivity index (χ1) is 8.31. The molecule has 0 bridgehead atoms. The van der Waals surface area contributed by atoms with Crippen LogP contribution < -0.4 is 5.32 Å². The molecule has 1 N–H and O–H groups in total. The van der Waals surface area contributed by atoms with Gasteiger partial charge >= 0.3 is 0 Å². The lowest BCUT2D eigenvalue weighted by Crippen LogP contribution is -2.22. The van der Waals surface area contributed by atoms with Gasteiger partial charge in [0.15, 0.2) is 0 Å². The summed E-state index contributed by atoms with van der Waals surface area (Å²) >= 11 is 0. The second-order valence-corrected chi connectivity index (χ2v) is 4.09. The molecule has 2 aromatic carbocycles. The Morgan fingerprint density at radius 3 is 2.71 bits per heavy atom. The molecule has 2 nitrogen and oxygen atoms in total. The molecule has 0 aromatic heterocycles. The van der Waals surface area contributed by atoms with Crippen LogP contribution in [0.5, 0.6) is 0 Å². The third-order valence-corrected chi connectivity index (χ3v) is 2.88. The quantitative estimate of drug-likeness (QED) is 0.855. The van der Waals surface area contributed by atoms with Crippen molar-refractivity contribution < 1.29 is 4.79 Å². The SMILES string of the molecule is CCNC(=O)CCc1cccc2ccccc12. The molecule has 0 unspecified atom stereocenters. The Bertz CT molecular complexity index is 514. The van der Waals surface area contributed by atoms with Crippen LogP contribution in [0, 0.1) is 0 Å². The van der Waals surface area contributed by atoms with E-state index in [1.165, 1.54) is 16.3 Å². The highest BCUT2D eigenvalue weighted by Gasteiger charge is 2.03. The van der Waals surface area contributed by atoms with Crippen LogP contribution in [0.4, 0.5) is 0 Å². The Morgan fingerprint density at radius 1 is 1.12 bits per heavy atom. The Labute approximate surface area is 102 Å².